The molecular formula is C11H14N4S2. The van der Waals surface area contributed by atoms with E-state index in [4.69, 9.17) is 0 Å². The van der Waals surface area contributed by atoms with E-state index in [1.165, 1.54) is 25.7 Å². The first-order valence-electron chi connectivity index (χ1n) is 5.90. The van der Waals surface area contributed by atoms with Crippen LogP contribution in [0.1, 0.15) is 25.7 Å². The third-order valence-electron chi connectivity index (χ3n) is 3.28. The predicted molar refractivity (Wildman–Crippen MR) is 67.9 cm³/mol. The first-order chi connectivity index (χ1) is 8.32. The quantitative estimate of drug-likeness (QED) is 0.799. The molecule has 1 N–H and O–H groups in total. The van der Waals surface area contributed by atoms with Gasteiger partial charge < -0.3 is 0 Å². The van der Waals surface area contributed by atoms with Crippen LogP contribution in [0.3, 0.4) is 0 Å². The molecule has 2 aliphatic carbocycles. The molecule has 1 atom stereocenters. The standard InChI is InChI=1S/C11H14N4S2/c12-5-11(8-1-2-8,14-9-3-4-9)6-16-10-15-13-7-17-10/h7-9,14H,1-4,6H2. The van der Waals surface area contributed by atoms with Gasteiger partial charge in [-0.2, -0.15) is 5.26 Å². The Hall–Kier alpha value is -0.640. The van der Waals surface area contributed by atoms with Crippen LogP contribution in [-0.2, 0) is 0 Å². The summed E-state index contributed by atoms with van der Waals surface area (Å²) in [4.78, 5) is 0. The van der Waals surface area contributed by atoms with Gasteiger partial charge in [0.05, 0.1) is 6.07 Å². The normalized spacial score (nSPS) is 23.0. The molecule has 2 aliphatic rings. The van der Waals surface area contributed by atoms with E-state index in [9.17, 15) is 5.26 Å². The number of hydrogen-bond acceptors (Lipinski definition) is 6. The Kier molecular flexibility index (Phi) is 3.07. The van der Waals surface area contributed by atoms with Crippen molar-refractivity contribution in [3.05, 3.63) is 5.51 Å². The van der Waals surface area contributed by atoms with E-state index >= 15 is 0 Å². The van der Waals surface area contributed by atoms with Gasteiger partial charge in [-0.15, -0.1) is 10.2 Å². The van der Waals surface area contributed by atoms with Gasteiger partial charge in [-0.05, 0) is 31.6 Å². The summed E-state index contributed by atoms with van der Waals surface area (Å²) in [6.45, 7) is 0. The lowest BCUT2D eigenvalue weighted by Gasteiger charge is -2.27. The second-order valence-electron chi connectivity index (χ2n) is 4.77. The van der Waals surface area contributed by atoms with Crippen LogP contribution in [0.4, 0.5) is 0 Å². The fraction of sp³-hybridized carbons (Fsp3) is 0.727. The third-order valence-corrected chi connectivity index (χ3v) is 5.33. The molecule has 1 unspecified atom stereocenters. The molecule has 2 fully saturated rings. The molecular weight excluding hydrogens is 252 g/mol. The number of rotatable bonds is 6. The van der Waals surface area contributed by atoms with Crippen LogP contribution in [0.5, 0.6) is 0 Å². The summed E-state index contributed by atoms with van der Waals surface area (Å²) in [6, 6.07) is 3.11. The maximum atomic E-state index is 9.53. The zero-order valence-electron chi connectivity index (χ0n) is 9.43. The van der Waals surface area contributed by atoms with Crippen LogP contribution in [0.15, 0.2) is 9.85 Å². The van der Waals surface area contributed by atoms with Gasteiger partial charge >= 0.3 is 0 Å². The molecule has 4 nitrogen and oxygen atoms in total. The number of nitrogens with one attached hydrogen (secondary N) is 1. The lowest BCUT2D eigenvalue weighted by molar-refractivity contribution is 0.401. The summed E-state index contributed by atoms with van der Waals surface area (Å²) in [6.07, 6.45) is 4.81. The minimum absolute atomic E-state index is 0.336. The molecule has 0 aromatic carbocycles. The van der Waals surface area contributed by atoms with Crippen molar-refractivity contribution in [2.45, 2.75) is 41.6 Å². The van der Waals surface area contributed by atoms with E-state index in [0.717, 1.165) is 10.1 Å². The van der Waals surface area contributed by atoms with E-state index in [-0.39, 0.29) is 5.54 Å². The second-order valence-corrected chi connectivity index (χ2v) is 6.83. The topological polar surface area (TPSA) is 61.6 Å². The molecule has 0 aliphatic heterocycles. The molecule has 2 saturated carbocycles. The summed E-state index contributed by atoms with van der Waals surface area (Å²) < 4.78 is 0.961. The SMILES string of the molecule is N#CC(CSc1nncs1)(NC1CC1)C1CC1. The zero-order valence-corrected chi connectivity index (χ0v) is 11.1. The molecule has 1 aromatic rings. The molecule has 1 heterocycles. The second kappa shape index (κ2) is 4.56. The Morgan fingerprint density at radius 1 is 1.53 bits per heavy atom. The minimum Gasteiger partial charge on any atom is -0.296 e. The fourth-order valence-electron chi connectivity index (χ4n) is 2.00. The van der Waals surface area contributed by atoms with E-state index in [0.29, 0.717) is 12.0 Å². The number of hydrogen-bond donors (Lipinski definition) is 1. The van der Waals surface area contributed by atoms with Gasteiger partial charge in [-0.3, -0.25) is 5.32 Å². The molecule has 0 saturated heterocycles. The number of aromatic nitrogens is 2. The zero-order chi connectivity index (χ0) is 11.7. The van der Waals surface area contributed by atoms with Gasteiger partial charge in [0.1, 0.15) is 11.0 Å². The average molecular weight is 266 g/mol. The third kappa shape index (κ3) is 2.62. The van der Waals surface area contributed by atoms with Gasteiger partial charge in [0.15, 0.2) is 4.34 Å². The predicted octanol–water partition coefficient (Wildman–Crippen LogP) is 2.05. The first-order valence-corrected chi connectivity index (χ1v) is 7.77. The van der Waals surface area contributed by atoms with Crippen LogP contribution in [-0.4, -0.2) is 27.5 Å². The maximum absolute atomic E-state index is 9.53. The van der Waals surface area contributed by atoms with Crippen LogP contribution in [0.25, 0.3) is 0 Å². The highest BCUT2D eigenvalue weighted by Crippen LogP contribution is 2.43. The highest BCUT2D eigenvalue weighted by atomic mass is 32.2. The van der Waals surface area contributed by atoms with Crippen LogP contribution in [0.2, 0.25) is 0 Å². The Labute approximate surface area is 109 Å². The van der Waals surface area contributed by atoms with E-state index < -0.39 is 0 Å². The molecule has 17 heavy (non-hydrogen) atoms. The van der Waals surface area contributed by atoms with E-state index in [1.54, 1.807) is 28.6 Å². The highest BCUT2D eigenvalue weighted by Gasteiger charge is 2.48. The average Bonchev–Trinajstić information content (AvgIpc) is 3.26. The van der Waals surface area contributed by atoms with Crippen molar-refractivity contribution >= 4 is 23.1 Å². The summed E-state index contributed by atoms with van der Waals surface area (Å²) in [5.41, 5.74) is 1.40. The smallest absolute Gasteiger partial charge is 0.174 e. The fourth-order valence-corrected chi connectivity index (χ4v) is 3.70. The Bertz CT molecular complexity index is 419. The van der Waals surface area contributed by atoms with Gasteiger partial charge in [-0.25, -0.2) is 0 Å². The van der Waals surface area contributed by atoms with E-state index in [1.807, 2.05) is 0 Å². The van der Waals surface area contributed by atoms with Gasteiger partial charge in [-0.1, -0.05) is 23.1 Å². The molecule has 3 rings (SSSR count). The molecule has 0 bridgehead atoms. The Morgan fingerprint density at radius 2 is 2.35 bits per heavy atom. The van der Waals surface area contributed by atoms with E-state index in [2.05, 4.69) is 21.6 Å². The summed E-state index contributed by atoms with van der Waals surface area (Å²) in [5.74, 6) is 1.33. The molecule has 0 radical (unpaired) electrons. The van der Waals surface area contributed by atoms with Gasteiger partial charge in [0.25, 0.3) is 0 Å². The maximum Gasteiger partial charge on any atom is 0.174 e. The van der Waals surface area contributed by atoms with Crippen LogP contribution < -0.4 is 5.32 Å². The Balaban J connectivity index is 1.67. The molecule has 0 spiro atoms. The number of nitrogens with zero attached hydrogens (tertiary/aromatic N) is 3. The molecule has 0 amide bonds. The van der Waals surface area contributed by atoms with Crippen molar-refractivity contribution in [2.24, 2.45) is 5.92 Å². The van der Waals surface area contributed by atoms with Crippen LogP contribution >= 0.6 is 23.1 Å². The van der Waals surface area contributed by atoms with Crippen molar-refractivity contribution in [3.8, 4) is 6.07 Å². The molecule has 1 aromatic heterocycles. The Morgan fingerprint density at radius 3 is 2.88 bits per heavy atom. The molecule has 90 valence electrons. The largest absolute Gasteiger partial charge is 0.296 e. The van der Waals surface area contributed by atoms with Crippen molar-refractivity contribution in [3.63, 3.8) is 0 Å². The summed E-state index contributed by atoms with van der Waals surface area (Å²) in [5, 5.41) is 20.9. The minimum atomic E-state index is -0.336. The molecule has 6 heteroatoms. The summed E-state index contributed by atoms with van der Waals surface area (Å²) >= 11 is 3.20. The summed E-state index contributed by atoms with van der Waals surface area (Å²) in [7, 11) is 0. The lowest BCUT2D eigenvalue weighted by atomic mass is 9.97. The number of thioether (sulfide) groups is 1. The lowest BCUT2D eigenvalue weighted by Crippen LogP contribution is -2.49. The van der Waals surface area contributed by atoms with Crippen molar-refractivity contribution in [2.75, 3.05) is 5.75 Å². The van der Waals surface area contributed by atoms with Gasteiger partial charge in [0, 0.05) is 11.8 Å². The first kappa shape index (κ1) is 11.5. The monoisotopic (exact) mass is 266 g/mol. The van der Waals surface area contributed by atoms with Crippen LogP contribution in [0, 0.1) is 17.2 Å². The van der Waals surface area contributed by atoms with Crippen molar-refractivity contribution < 1.29 is 0 Å². The van der Waals surface area contributed by atoms with Crippen molar-refractivity contribution in [1.29, 1.82) is 5.26 Å². The highest BCUT2D eigenvalue weighted by molar-refractivity contribution is 8.01. The van der Waals surface area contributed by atoms with Gasteiger partial charge in [0.2, 0.25) is 0 Å². The van der Waals surface area contributed by atoms with Crippen molar-refractivity contribution in [1.82, 2.24) is 15.5 Å². The number of nitriles is 1.